The Morgan fingerprint density at radius 1 is 1.06 bits per heavy atom. The summed E-state index contributed by atoms with van der Waals surface area (Å²) < 4.78 is 8.57. The van der Waals surface area contributed by atoms with E-state index in [1.54, 1.807) is 29.5 Å². The van der Waals surface area contributed by atoms with Gasteiger partial charge in [0.05, 0.1) is 30.7 Å². The fourth-order valence-corrected chi connectivity index (χ4v) is 3.90. The number of pyridine rings is 2. The Kier molecular flexibility index (Phi) is 4.75. The highest BCUT2D eigenvalue weighted by Gasteiger charge is 2.15. The lowest BCUT2D eigenvalue weighted by atomic mass is 10.0. The van der Waals surface area contributed by atoms with Gasteiger partial charge in [-0.2, -0.15) is 0 Å². The largest absolute Gasteiger partial charge is 0.497 e. The minimum atomic E-state index is -0.0812. The van der Waals surface area contributed by atoms with E-state index in [1.165, 1.54) is 0 Å². The lowest BCUT2D eigenvalue weighted by molar-refractivity contribution is 0.414. The molecule has 3 aromatic heterocycles. The molecule has 1 aliphatic rings. The second kappa shape index (κ2) is 7.72. The zero-order valence-corrected chi connectivity index (χ0v) is 17.4. The summed E-state index contributed by atoms with van der Waals surface area (Å²) in [6.07, 6.45) is 10.6. The molecule has 0 N–H and O–H groups in total. The molecule has 6 nitrogen and oxygen atoms in total. The van der Waals surface area contributed by atoms with Gasteiger partial charge in [0.15, 0.2) is 0 Å². The Labute approximate surface area is 180 Å². The fourth-order valence-electron chi connectivity index (χ4n) is 3.90. The van der Waals surface area contributed by atoms with Gasteiger partial charge in [-0.1, -0.05) is 24.3 Å². The van der Waals surface area contributed by atoms with Crippen LogP contribution in [0.3, 0.4) is 0 Å². The van der Waals surface area contributed by atoms with Crippen LogP contribution in [0.5, 0.6) is 5.75 Å². The van der Waals surface area contributed by atoms with Crippen LogP contribution in [0.4, 0.5) is 0 Å². The standard InChI is InChI=1S/C25H22N4O2/c1-28-16-24(29(25(28)30)15-17-6-8-21(31-2)9-7-17)23-13-18(10-11-26-23)20-12-19-4-3-5-22(19)27-14-20/h3-4,6-14,16H,5,15H2,1-2H3. The Morgan fingerprint density at radius 2 is 1.90 bits per heavy atom. The van der Waals surface area contributed by atoms with Crippen molar-refractivity contribution in [1.82, 2.24) is 19.1 Å². The van der Waals surface area contributed by atoms with E-state index in [0.29, 0.717) is 6.54 Å². The van der Waals surface area contributed by atoms with Crippen LogP contribution in [0.25, 0.3) is 28.6 Å². The molecule has 4 aromatic rings. The third-order valence-electron chi connectivity index (χ3n) is 5.61. The molecule has 0 unspecified atom stereocenters. The minimum Gasteiger partial charge on any atom is -0.497 e. The lowest BCUT2D eigenvalue weighted by Crippen LogP contribution is -2.23. The summed E-state index contributed by atoms with van der Waals surface area (Å²) in [5.74, 6) is 0.788. The maximum absolute atomic E-state index is 12.8. The molecule has 5 rings (SSSR count). The molecule has 0 fully saturated rings. The number of hydrogen-bond donors (Lipinski definition) is 0. The van der Waals surface area contributed by atoms with Crippen LogP contribution in [-0.4, -0.2) is 26.2 Å². The third-order valence-corrected chi connectivity index (χ3v) is 5.61. The molecule has 0 bridgehead atoms. The van der Waals surface area contributed by atoms with E-state index in [9.17, 15) is 4.79 Å². The molecule has 1 aliphatic carbocycles. The second-order valence-corrected chi connectivity index (χ2v) is 7.64. The molecule has 1 aromatic carbocycles. The molecule has 3 heterocycles. The van der Waals surface area contributed by atoms with Gasteiger partial charge >= 0.3 is 5.69 Å². The predicted molar refractivity (Wildman–Crippen MR) is 121 cm³/mol. The molecule has 0 saturated carbocycles. The monoisotopic (exact) mass is 410 g/mol. The van der Waals surface area contributed by atoms with Crippen molar-refractivity contribution in [2.75, 3.05) is 7.11 Å². The maximum Gasteiger partial charge on any atom is 0.328 e. The van der Waals surface area contributed by atoms with Crippen LogP contribution in [0.2, 0.25) is 0 Å². The van der Waals surface area contributed by atoms with Crippen molar-refractivity contribution in [3.63, 3.8) is 0 Å². The number of nitrogens with zero attached hydrogens (tertiary/aromatic N) is 4. The Bertz CT molecular complexity index is 1350. The first-order valence-electron chi connectivity index (χ1n) is 10.1. The second-order valence-electron chi connectivity index (χ2n) is 7.64. The van der Waals surface area contributed by atoms with Gasteiger partial charge in [0.2, 0.25) is 0 Å². The SMILES string of the molecule is COc1ccc(Cn2c(-c3cc(-c4cnc5c(c4)C=CC5)ccn3)cn(C)c2=O)cc1. The number of aryl methyl sites for hydroxylation is 1. The quantitative estimate of drug-likeness (QED) is 0.500. The first-order chi connectivity index (χ1) is 15.1. The Hall–Kier alpha value is -3.93. The van der Waals surface area contributed by atoms with Crippen molar-refractivity contribution < 1.29 is 4.74 Å². The van der Waals surface area contributed by atoms with Crippen molar-refractivity contribution >= 4 is 6.08 Å². The van der Waals surface area contributed by atoms with Crippen molar-refractivity contribution in [1.29, 1.82) is 0 Å². The molecule has 31 heavy (non-hydrogen) atoms. The van der Waals surface area contributed by atoms with Gasteiger partial charge in [0.25, 0.3) is 0 Å². The van der Waals surface area contributed by atoms with E-state index in [4.69, 9.17) is 4.74 Å². The third kappa shape index (κ3) is 3.57. The van der Waals surface area contributed by atoms with Crippen molar-refractivity contribution in [2.24, 2.45) is 7.05 Å². The topological polar surface area (TPSA) is 61.9 Å². The molecule has 0 aliphatic heterocycles. The van der Waals surface area contributed by atoms with Crippen molar-refractivity contribution in [2.45, 2.75) is 13.0 Å². The molecule has 154 valence electrons. The van der Waals surface area contributed by atoms with Crippen LogP contribution in [0, 0.1) is 0 Å². The first-order valence-corrected chi connectivity index (χ1v) is 10.1. The number of methoxy groups -OCH3 is 1. The van der Waals surface area contributed by atoms with E-state index in [0.717, 1.165) is 51.5 Å². The van der Waals surface area contributed by atoms with Gasteiger partial charge in [0, 0.05) is 37.6 Å². The van der Waals surface area contributed by atoms with Gasteiger partial charge in [-0.3, -0.25) is 14.5 Å². The average molecular weight is 410 g/mol. The normalized spacial score (nSPS) is 12.2. The van der Waals surface area contributed by atoms with Gasteiger partial charge in [-0.05, 0) is 47.0 Å². The van der Waals surface area contributed by atoms with Gasteiger partial charge in [-0.25, -0.2) is 4.79 Å². The minimum absolute atomic E-state index is 0.0812. The number of allylic oxidation sites excluding steroid dienone is 1. The molecular weight excluding hydrogens is 388 g/mol. The molecule has 0 radical (unpaired) electrons. The van der Waals surface area contributed by atoms with Gasteiger partial charge in [0.1, 0.15) is 5.75 Å². The molecular formula is C25H22N4O2. The number of aromatic nitrogens is 4. The summed E-state index contributed by atoms with van der Waals surface area (Å²) in [5.41, 5.74) is 6.78. The zero-order valence-electron chi connectivity index (χ0n) is 17.4. The van der Waals surface area contributed by atoms with Crippen LogP contribution in [0.15, 0.2) is 71.9 Å². The number of hydrogen-bond acceptors (Lipinski definition) is 4. The van der Waals surface area contributed by atoms with E-state index in [-0.39, 0.29) is 5.69 Å². The average Bonchev–Trinajstić information content (AvgIpc) is 3.39. The van der Waals surface area contributed by atoms with Crippen molar-refractivity contribution in [3.05, 3.63) is 94.4 Å². The van der Waals surface area contributed by atoms with E-state index >= 15 is 0 Å². The number of imidazole rings is 1. The van der Waals surface area contributed by atoms with Gasteiger partial charge in [-0.15, -0.1) is 0 Å². The van der Waals surface area contributed by atoms with E-state index < -0.39 is 0 Å². The number of ether oxygens (including phenoxy) is 1. The summed E-state index contributed by atoms with van der Waals surface area (Å²) in [7, 11) is 3.40. The number of rotatable bonds is 5. The smallest absolute Gasteiger partial charge is 0.328 e. The first kappa shape index (κ1) is 19.1. The summed E-state index contributed by atoms with van der Waals surface area (Å²) in [4.78, 5) is 22.0. The van der Waals surface area contributed by atoms with Crippen LogP contribution in [-0.2, 0) is 20.0 Å². The maximum atomic E-state index is 12.8. The Balaban J connectivity index is 1.53. The summed E-state index contributed by atoms with van der Waals surface area (Å²) in [6, 6.07) is 13.9. The summed E-state index contributed by atoms with van der Waals surface area (Å²) >= 11 is 0. The predicted octanol–water partition coefficient (Wildman–Crippen LogP) is 3.94. The molecule has 0 saturated heterocycles. The van der Waals surface area contributed by atoms with E-state index in [1.807, 2.05) is 48.8 Å². The van der Waals surface area contributed by atoms with Crippen molar-refractivity contribution in [3.8, 4) is 28.3 Å². The number of benzene rings is 1. The molecule has 0 atom stereocenters. The molecule has 0 amide bonds. The molecule has 0 spiro atoms. The van der Waals surface area contributed by atoms with E-state index in [2.05, 4.69) is 28.2 Å². The lowest BCUT2D eigenvalue weighted by Gasteiger charge is -2.10. The Morgan fingerprint density at radius 3 is 2.71 bits per heavy atom. The highest BCUT2D eigenvalue weighted by molar-refractivity contribution is 5.72. The zero-order chi connectivity index (χ0) is 21.4. The fraction of sp³-hybridized carbons (Fsp3) is 0.160. The van der Waals surface area contributed by atoms with Gasteiger partial charge < -0.3 is 9.30 Å². The summed E-state index contributed by atoms with van der Waals surface area (Å²) in [6.45, 7) is 0.454. The number of fused-ring (bicyclic) bond motifs is 1. The molecule has 6 heteroatoms. The summed E-state index contributed by atoms with van der Waals surface area (Å²) in [5, 5.41) is 0. The highest BCUT2D eigenvalue weighted by Crippen LogP contribution is 2.27. The van der Waals surface area contributed by atoms with Crippen LogP contribution < -0.4 is 10.4 Å². The highest BCUT2D eigenvalue weighted by atomic mass is 16.5. The van der Waals surface area contributed by atoms with Crippen LogP contribution >= 0.6 is 0 Å². The van der Waals surface area contributed by atoms with Crippen LogP contribution in [0.1, 0.15) is 16.8 Å².